The van der Waals surface area contributed by atoms with Gasteiger partial charge in [0.2, 0.25) is 0 Å². The van der Waals surface area contributed by atoms with Gasteiger partial charge in [-0.2, -0.15) is 0 Å². The number of carbonyl (C=O) groups is 2. The van der Waals surface area contributed by atoms with Crippen LogP contribution >= 0.6 is 0 Å². The number of amides is 2. The molecule has 3 aromatic rings. The molecule has 0 saturated carbocycles. The van der Waals surface area contributed by atoms with Gasteiger partial charge in [-0.15, -0.1) is 0 Å². The van der Waals surface area contributed by atoms with E-state index >= 15 is 0 Å². The molecule has 0 bridgehead atoms. The maximum absolute atomic E-state index is 14.2. The minimum Gasteiger partial charge on any atom is -0.479 e. The summed E-state index contributed by atoms with van der Waals surface area (Å²) in [6.07, 6.45) is -0.733. The van der Waals surface area contributed by atoms with Crippen LogP contribution in [0.25, 0.3) is 0 Å². The van der Waals surface area contributed by atoms with Gasteiger partial charge in [-0.3, -0.25) is 9.59 Å². The summed E-state index contributed by atoms with van der Waals surface area (Å²) >= 11 is 0. The number of anilines is 2. The highest BCUT2D eigenvalue weighted by atomic mass is 19.1. The molecule has 0 fully saturated rings. The van der Waals surface area contributed by atoms with Crippen LogP contribution < -0.4 is 15.0 Å². The third-order valence-corrected chi connectivity index (χ3v) is 4.83. The lowest BCUT2D eigenvalue weighted by atomic mass is 10.1. The second kappa shape index (κ2) is 7.94. The van der Waals surface area contributed by atoms with Gasteiger partial charge in [0.05, 0.1) is 17.8 Å². The topological polar surface area (TPSA) is 58.6 Å². The van der Waals surface area contributed by atoms with Gasteiger partial charge in [0.25, 0.3) is 11.8 Å². The van der Waals surface area contributed by atoms with E-state index in [0.29, 0.717) is 22.7 Å². The van der Waals surface area contributed by atoms with Gasteiger partial charge in [-0.1, -0.05) is 30.3 Å². The molecule has 5 nitrogen and oxygen atoms in total. The molecule has 1 N–H and O–H groups in total. The number of benzene rings is 3. The van der Waals surface area contributed by atoms with E-state index in [1.807, 2.05) is 0 Å². The first-order chi connectivity index (χ1) is 14.4. The molecule has 4 rings (SSSR count). The van der Waals surface area contributed by atoms with Gasteiger partial charge in [-0.05, 0) is 43.3 Å². The fourth-order valence-electron chi connectivity index (χ4n) is 3.29. The Balaban J connectivity index is 1.66. The molecule has 1 unspecified atom stereocenters. The van der Waals surface area contributed by atoms with Crippen LogP contribution in [0, 0.1) is 11.6 Å². The number of nitrogens with one attached hydrogen (secondary N) is 1. The number of fused-ring (bicyclic) bond motifs is 1. The van der Waals surface area contributed by atoms with Crippen molar-refractivity contribution in [1.82, 2.24) is 0 Å². The van der Waals surface area contributed by atoms with Crippen LogP contribution in [-0.2, 0) is 11.3 Å². The Morgan fingerprint density at radius 3 is 2.47 bits per heavy atom. The van der Waals surface area contributed by atoms with E-state index in [4.69, 9.17) is 4.74 Å². The molecular formula is C23H18F2N2O3. The van der Waals surface area contributed by atoms with Crippen LogP contribution in [0.3, 0.4) is 0 Å². The molecule has 3 aromatic carbocycles. The van der Waals surface area contributed by atoms with Crippen molar-refractivity contribution in [2.75, 3.05) is 10.2 Å². The largest absolute Gasteiger partial charge is 0.479 e. The number of hydrogen-bond acceptors (Lipinski definition) is 3. The van der Waals surface area contributed by atoms with Gasteiger partial charge in [0.1, 0.15) is 17.4 Å². The highest BCUT2D eigenvalue weighted by Gasteiger charge is 2.32. The zero-order valence-electron chi connectivity index (χ0n) is 16.1. The number of carbonyl (C=O) groups excluding carboxylic acids is 2. The first-order valence-electron chi connectivity index (χ1n) is 9.35. The Bertz CT molecular complexity index is 1130. The second-order valence-corrected chi connectivity index (χ2v) is 6.89. The fourth-order valence-corrected chi connectivity index (χ4v) is 3.29. The van der Waals surface area contributed by atoms with Crippen LogP contribution in [0.2, 0.25) is 0 Å². The van der Waals surface area contributed by atoms with Crippen LogP contribution in [-0.4, -0.2) is 17.9 Å². The van der Waals surface area contributed by atoms with E-state index in [1.54, 1.807) is 49.4 Å². The van der Waals surface area contributed by atoms with E-state index in [9.17, 15) is 18.4 Å². The molecule has 30 heavy (non-hydrogen) atoms. The second-order valence-electron chi connectivity index (χ2n) is 6.89. The number of rotatable bonds is 4. The zero-order valence-corrected chi connectivity index (χ0v) is 16.1. The van der Waals surface area contributed by atoms with Crippen molar-refractivity contribution in [3.8, 4) is 5.75 Å². The fraction of sp³-hybridized carbons (Fsp3) is 0.130. The quantitative estimate of drug-likeness (QED) is 0.690. The van der Waals surface area contributed by atoms with Crippen molar-refractivity contribution in [2.45, 2.75) is 19.6 Å². The highest BCUT2D eigenvalue weighted by molar-refractivity contribution is 6.05. The maximum atomic E-state index is 14.2. The summed E-state index contributed by atoms with van der Waals surface area (Å²) in [5.74, 6) is -1.58. The Hall–Kier alpha value is -3.74. The normalized spacial score (nSPS) is 15.4. The molecule has 7 heteroatoms. The monoisotopic (exact) mass is 408 g/mol. The molecule has 1 atom stereocenters. The SMILES string of the molecule is CC1Oc2ccc(NC(=O)c3ccccc3F)cc2N(Cc2ccccc2F)C1=O. The summed E-state index contributed by atoms with van der Waals surface area (Å²) in [6.45, 7) is 1.63. The summed E-state index contributed by atoms with van der Waals surface area (Å²) in [6, 6.07) is 16.6. The Morgan fingerprint density at radius 1 is 1.03 bits per heavy atom. The van der Waals surface area contributed by atoms with Crippen LogP contribution in [0.4, 0.5) is 20.2 Å². The third kappa shape index (κ3) is 3.74. The lowest BCUT2D eigenvalue weighted by Crippen LogP contribution is -2.44. The lowest BCUT2D eigenvalue weighted by Gasteiger charge is -2.33. The van der Waals surface area contributed by atoms with Crippen molar-refractivity contribution in [2.24, 2.45) is 0 Å². The van der Waals surface area contributed by atoms with E-state index in [-0.39, 0.29) is 18.0 Å². The first kappa shape index (κ1) is 19.6. The van der Waals surface area contributed by atoms with Crippen LogP contribution in [0.5, 0.6) is 5.75 Å². The summed E-state index contributed by atoms with van der Waals surface area (Å²) < 4.78 is 33.7. The minimum atomic E-state index is -0.733. The maximum Gasteiger partial charge on any atom is 0.268 e. The number of halogens is 2. The number of nitrogens with zero attached hydrogens (tertiary/aromatic N) is 1. The smallest absolute Gasteiger partial charge is 0.268 e. The highest BCUT2D eigenvalue weighted by Crippen LogP contribution is 2.37. The lowest BCUT2D eigenvalue weighted by molar-refractivity contribution is -0.125. The van der Waals surface area contributed by atoms with Crippen LogP contribution in [0.1, 0.15) is 22.8 Å². The predicted octanol–water partition coefficient (Wildman–Crippen LogP) is 4.53. The Labute approximate surface area is 171 Å². The summed E-state index contributed by atoms with van der Waals surface area (Å²) in [7, 11) is 0. The minimum absolute atomic E-state index is 0.0108. The van der Waals surface area contributed by atoms with E-state index < -0.39 is 23.6 Å². The molecule has 152 valence electrons. The van der Waals surface area contributed by atoms with Crippen molar-refractivity contribution in [3.63, 3.8) is 0 Å². The molecule has 0 aliphatic carbocycles. The summed E-state index contributed by atoms with van der Waals surface area (Å²) in [5.41, 5.74) is 1.00. The van der Waals surface area contributed by atoms with Crippen LogP contribution in [0.15, 0.2) is 66.7 Å². The van der Waals surface area contributed by atoms with Gasteiger partial charge < -0.3 is 15.0 Å². The predicted molar refractivity (Wildman–Crippen MR) is 108 cm³/mol. The number of hydrogen-bond donors (Lipinski definition) is 1. The molecule has 0 saturated heterocycles. The summed E-state index contributed by atoms with van der Waals surface area (Å²) in [5, 5.41) is 2.62. The molecule has 1 aliphatic heterocycles. The van der Waals surface area contributed by atoms with E-state index in [0.717, 1.165) is 0 Å². The van der Waals surface area contributed by atoms with Crippen molar-refractivity contribution >= 4 is 23.2 Å². The van der Waals surface area contributed by atoms with Crippen molar-refractivity contribution in [1.29, 1.82) is 0 Å². The number of ether oxygens (including phenoxy) is 1. The van der Waals surface area contributed by atoms with Gasteiger partial charge >= 0.3 is 0 Å². The Morgan fingerprint density at radius 2 is 1.73 bits per heavy atom. The first-order valence-corrected chi connectivity index (χ1v) is 9.35. The summed E-state index contributed by atoms with van der Waals surface area (Å²) in [4.78, 5) is 26.6. The Kier molecular flexibility index (Phi) is 5.18. The average Bonchev–Trinajstić information content (AvgIpc) is 2.73. The molecule has 0 spiro atoms. The van der Waals surface area contributed by atoms with Crippen molar-refractivity contribution < 1.29 is 23.1 Å². The molecule has 0 radical (unpaired) electrons. The third-order valence-electron chi connectivity index (χ3n) is 4.83. The molecular weight excluding hydrogens is 390 g/mol. The average molecular weight is 408 g/mol. The van der Waals surface area contributed by atoms with Gasteiger partial charge in [0, 0.05) is 11.3 Å². The van der Waals surface area contributed by atoms with Gasteiger partial charge in [0.15, 0.2) is 6.10 Å². The molecule has 1 heterocycles. The molecule has 0 aromatic heterocycles. The zero-order chi connectivity index (χ0) is 21.3. The van der Waals surface area contributed by atoms with Crippen molar-refractivity contribution in [3.05, 3.63) is 89.5 Å². The standard InChI is InChI=1S/C23H18F2N2O3/c1-14-23(29)27(13-15-6-2-4-8-18(15)24)20-12-16(10-11-21(20)30-14)26-22(28)17-7-3-5-9-19(17)25/h2-12,14H,13H2,1H3,(H,26,28). The molecule has 2 amide bonds. The van der Waals surface area contributed by atoms with Gasteiger partial charge in [-0.25, -0.2) is 8.78 Å². The molecule has 1 aliphatic rings. The van der Waals surface area contributed by atoms with E-state index in [1.165, 1.54) is 29.2 Å². The van der Waals surface area contributed by atoms with E-state index in [2.05, 4.69) is 5.32 Å².